The SMILES string of the molecule is Cc1ccc(-c2ccc(CCN3CCC[C@H]3C)cc2)cc1. The van der Waals surface area contributed by atoms with Crippen molar-refractivity contribution < 1.29 is 0 Å². The van der Waals surface area contributed by atoms with Crippen LogP contribution < -0.4 is 0 Å². The molecule has 0 radical (unpaired) electrons. The van der Waals surface area contributed by atoms with Crippen molar-refractivity contribution in [3.63, 3.8) is 0 Å². The average Bonchev–Trinajstić information content (AvgIpc) is 2.92. The lowest BCUT2D eigenvalue weighted by Gasteiger charge is -2.20. The maximum atomic E-state index is 2.62. The minimum atomic E-state index is 0.775. The van der Waals surface area contributed by atoms with Gasteiger partial charge in [0.05, 0.1) is 0 Å². The van der Waals surface area contributed by atoms with Gasteiger partial charge in [0.15, 0.2) is 0 Å². The molecule has 1 aliphatic rings. The molecule has 1 saturated heterocycles. The van der Waals surface area contributed by atoms with Gasteiger partial charge in [0.2, 0.25) is 0 Å². The summed E-state index contributed by atoms with van der Waals surface area (Å²) >= 11 is 0. The zero-order valence-electron chi connectivity index (χ0n) is 13.2. The lowest BCUT2D eigenvalue weighted by atomic mass is 10.0. The van der Waals surface area contributed by atoms with E-state index in [1.54, 1.807) is 0 Å². The van der Waals surface area contributed by atoms with Crippen LogP contribution in [-0.4, -0.2) is 24.0 Å². The van der Waals surface area contributed by atoms with E-state index in [4.69, 9.17) is 0 Å². The molecule has 0 aromatic heterocycles. The summed E-state index contributed by atoms with van der Waals surface area (Å²) in [5, 5.41) is 0. The number of benzene rings is 2. The highest BCUT2D eigenvalue weighted by Crippen LogP contribution is 2.21. The van der Waals surface area contributed by atoms with E-state index in [9.17, 15) is 0 Å². The summed E-state index contributed by atoms with van der Waals surface area (Å²) in [7, 11) is 0. The Kier molecular flexibility index (Phi) is 4.40. The van der Waals surface area contributed by atoms with Gasteiger partial charge in [-0.2, -0.15) is 0 Å². The Morgan fingerprint density at radius 1 is 0.952 bits per heavy atom. The standard InChI is InChI=1S/C20H25N/c1-16-5-9-19(10-6-16)20-11-7-18(8-12-20)13-15-21-14-3-4-17(21)2/h5-12,17H,3-4,13-15H2,1-2H3/t17-/m1/s1. The lowest BCUT2D eigenvalue weighted by molar-refractivity contribution is 0.272. The molecule has 1 heterocycles. The number of nitrogens with zero attached hydrogens (tertiary/aromatic N) is 1. The average molecular weight is 279 g/mol. The third-order valence-electron chi connectivity index (χ3n) is 4.72. The van der Waals surface area contributed by atoms with Crippen LogP contribution >= 0.6 is 0 Å². The molecule has 110 valence electrons. The Morgan fingerprint density at radius 3 is 2.14 bits per heavy atom. The summed E-state index contributed by atoms with van der Waals surface area (Å²) in [6.07, 6.45) is 3.90. The first kappa shape index (κ1) is 14.3. The van der Waals surface area contributed by atoms with Crippen LogP contribution in [0.15, 0.2) is 48.5 Å². The molecule has 1 nitrogen and oxygen atoms in total. The van der Waals surface area contributed by atoms with Crippen LogP contribution in [-0.2, 0) is 6.42 Å². The first-order valence-electron chi connectivity index (χ1n) is 8.12. The fraction of sp³-hybridized carbons (Fsp3) is 0.400. The molecule has 0 aliphatic carbocycles. The molecule has 2 aromatic rings. The lowest BCUT2D eigenvalue weighted by Crippen LogP contribution is -2.28. The van der Waals surface area contributed by atoms with Gasteiger partial charge < -0.3 is 4.90 Å². The molecule has 0 unspecified atom stereocenters. The van der Waals surface area contributed by atoms with Gasteiger partial charge in [-0.15, -0.1) is 0 Å². The fourth-order valence-corrected chi connectivity index (χ4v) is 3.21. The number of rotatable bonds is 4. The predicted molar refractivity (Wildman–Crippen MR) is 90.6 cm³/mol. The second-order valence-corrected chi connectivity index (χ2v) is 6.34. The topological polar surface area (TPSA) is 3.24 Å². The molecule has 0 saturated carbocycles. The van der Waals surface area contributed by atoms with E-state index in [1.165, 1.54) is 54.6 Å². The van der Waals surface area contributed by atoms with Crippen molar-refractivity contribution in [1.29, 1.82) is 0 Å². The molecular weight excluding hydrogens is 254 g/mol. The highest BCUT2D eigenvalue weighted by atomic mass is 15.2. The van der Waals surface area contributed by atoms with E-state index in [2.05, 4.69) is 67.3 Å². The molecule has 0 bridgehead atoms. The Balaban J connectivity index is 1.62. The van der Waals surface area contributed by atoms with Gasteiger partial charge in [0.25, 0.3) is 0 Å². The number of hydrogen-bond donors (Lipinski definition) is 0. The van der Waals surface area contributed by atoms with Crippen molar-refractivity contribution in [2.75, 3.05) is 13.1 Å². The summed E-state index contributed by atoms with van der Waals surface area (Å²) in [5.41, 5.74) is 5.38. The van der Waals surface area contributed by atoms with Crippen LogP contribution in [0.2, 0.25) is 0 Å². The number of aryl methyl sites for hydroxylation is 1. The van der Waals surface area contributed by atoms with Crippen molar-refractivity contribution >= 4 is 0 Å². The monoisotopic (exact) mass is 279 g/mol. The van der Waals surface area contributed by atoms with Gasteiger partial charge in [-0.3, -0.25) is 0 Å². The molecule has 3 rings (SSSR count). The van der Waals surface area contributed by atoms with Crippen molar-refractivity contribution in [2.45, 2.75) is 39.2 Å². The van der Waals surface area contributed by atoms with E-state index in [1.807, 2.05) is 0 Å². The highest BCUT2D eigenvalue weighted by molar-refractivity contribution is 5.63. The Hall–Kier alpha value is -1.60. The van der Waals surface area contributed by atoms with Gasteiger partial charge in [0.1, 0.15) is 0 Å². The molecule has 1 fully saturated rings. The Bertz CT molecular complexity index is 568. The molecule has 1 aliphatic heterocycles. The fourth-order valence-electron chi connectivity index (χ4n) is 3.21. The Labute approximate surface area is 128 Å². The van der Waals surface area contributed by atoms with Crippen LogP contribution in [0, 0.1) is 6.92 Å². The van der Waals surface area contributed by atoms with Crippen LogP contribution in [0.4, 0.5) is 0 Å². The number of likely N-dealkylation sites (tertiary alicyclic amines) is 1. The zero-order chi connectivity index (χ0) is 14.7. The van der Waals surface area contributed by atoms with Crippen LogP contribution in [0.25, 0.3) is 11.1 Å². The van der Waals surface area contributed by atoms with E-state index < -0.39 is 0 Å². The molecular formula is C20H25N. The zero-order valence-corrected chi connectivity index (χ0v) is 13.2. The first-order chi connectivity index (χ1) is 10.2. The van der Waals surface area contributed by atoms with Crippen molar-refractivity contribution in [1.82, 2.24) is 4.90 Å². The van der Waals surface area contributed by atoms with Crippen LogP contribution in [0.5, 0.6) is 0 Å². The van der Waals surface area contributed by atoms with E-state index in [0.29, 0.717) is 0 Å². The van der Waals surface area contributed by atoms with Gasteiger partial charge in [-0.05, 0) is 56.3 Å². The van der Waals surface area contributed by atoms with E-state index >= 15 is 0 Å². The summed E-state index contributed by atoms with van der Waals surface area (Å²) in [6, 6.07) is 18.6. The second-order valence-electron chi connectivity index (χ2n) is 6.34. The minimum absolute atomic E-state index is 0.775. The van der Waals surface area contributed by atoms with Crippen molar-refractivity contribution in [3.8, 4) is 11.1 Å². The third kappa shape index (κ3) is 3.54. The molecule has 1 heteroatoms. The summed E-state index contributed by atoms with van der Waals surface area (Å²) in [4.78, 5) is 2.62. The van der Waals surface area contributed by atoms with Gasteiger partial charge in [-0.1, -0.05) is 54.1 Å². The smallest absolute Gasteiger partial charge is 0.00675 e. The first-order valence-corrected chi connectivity index (χ1v) is 8.12. The van der Waals surface area contributed by atoms with Gasteiger partial charge >= 0.3 is 0 Å². The predicted octanol–water partition coefficient (Wildman–Crippen LogP) is 4.69. The molecule has 0 amide bonds. The second kappa shape index (κ2) is 6.44. The third-order valence-corrected chi connectivity index (χ3v) is 4.72. The molecule has 0 spiro atoms. The van der Waals surface area contributed by atoms with E-state index in [-0.39, 0.29) is 0 Å². The maximum Gasteiger partial charge on any atom is 0.00675 e. The summed E-state index contributed by atoms with van der Waals surface area (Å²) < 4.78 is 0. The van der Waals surface area contributed by atoms with Crippen LogP contribution in [0.3, 0.4) is 0 Å². The highest BCUT2D eigenvalue weighted by Gasteiger charge is 2.19. The molecule has 1 atom stereocenters. The summed E-state index contributed by atoms with van der Waals surface area (Å²) in [6.45, 7) is 6.97. The quantitative estimate of drug-likeness (QED) is 0.785. The van der Waals surface area contributed by atoms with Crippen LogP contribution in [0.1, 0.15) is 30.9 Å². The van der Waals surface area contributed by atoms with Crippen molar-refractivity contribution in [3.05, 3.63) is 59.7 Å². The van der Waals surface area contributed by atoms with Crippen molar-refractivity contribution in [2.24, 2.45) is 0 Å². The molecule has 21 heavy (non-hydrogen) atoms. The molecule has 2 aromatic carbocycles. The minimum Gasteiger partial charge on any atom is -0.300 e. The Morgan fingerprint density at radius 2 is 1.57 bits per heavy atom. The maximum absolute atomic E-state index is 2.62. The number of hydrogen-bond acceptors (Lipinski definition) is 1. The summed E-state index contributed by atoms with van der Waals surface area (Å²) in [5.74, 6) is 0. The van der Waals surface area contributed by atoms with Gasteiger partial charge in [0, 0.05) is 12.6 Å². The largest absolute Gasteiger partial charge is 0.300 e. The molecule has 0 N–H and O–H groups in total. The normalized spacial score (nSPS) is 19.0. The van der Waals surface area contributed by atoms with Gasteiger partial charge in [-0.25, -0.2) is 0 Å². The van der Waals surface area contributed by atoms with E-state index in [0.717, 1.165) is 6.04 Å².